The van der Waals surface area contributed by atoms with E-state index in [1.165, 1.54) is 18.2 Å². The number of amidine groups is 1. The molecule has 1 amide bonds. The summed E-state index contributed by atoms with van der Waals surface area (Å²) < 4.78 is 8.17. The summed E-state index contributed by atoms with van der Waals surface area (Å²) >= 11 is 1.50. The highest BCUT2D eigenvalue weighted by Gasteiger charge is 2.38. The molecule has 0 bridgehead atoms. The summed E-state index contributed by atoms with van der Waals surface area (Å²) in [5.41, 5.74) is 3.05. The van der Waals surface area contributed by atoms with Gasteiger partial charge in [0, 0.05) is 28.7 Å². The number of hydrogen-bond acceptors (Lipinski definition) is 4. The maximum absolute atomic E-state index is 13.8. The zero-order valence-electron chi connectivity index (χ0n) is 21.3. The van der Waals surface area contributed by atoms with Crippen molar-refractivity contribution >= 4 is 45.5 Å². The largest absolute Gasteiger partial charge is 0.492 e. The lowest BCUT2D eigenvalue weighted by molar-refractivity contribution is -0.124. The molecule has 1 saturated carbocycles. The number of thioether (sulfide) groups is 1. The standard InChI is InChI=1S/C32H31N3O2S/c36-31-30(38-32(33-25-12-4-1-5-13-25)35(31)26-14-6-2-7-15-26)22-24-23-34(29-19-11-10-18-28(24)29)20-21-37-27-16-8-3-9-17-27/h1,3-5,8-13,16-19,22-23,26H,2,6-7,14-15,20-21H2/b30-22+,33-32?. The third kappa shape index (κ3) is 5.27. The molecule has 0 radical (unpaired) electrons. The van der Waals surface area contributed by atoms with Crippen molar-refractivity contribution in [2.75, 3.05) is 6.61 Å². The van der Waals surface area contributed by atoms with E-state index in [0.29, 0.717) is 13.2 Å². The van der Waals surface area contributed by atoms with Crippen LogP contribution in [0.4, 0.5) is 5.69 Å². The number of para-hydroxylation sites is 3. The summed E-state index contributed by atoms with van der Waals surface area (Å²) in [5.74, 6) is 0.938. The van der Waals surface area contributed by atoms with Crippen LogP contribution in [0.25, 0.3) is 17.0 Å². The van der Waals surface area contributed by atoms with Crippen LogP contribution in [-0.2, 0) is 11.3 Å². The van der Waals surface area contributed by atoms with Gasteiger partial charge in [-0.15, -0.1) is 0 Å². The van der Waals surface area contributed by atoms with Gasteiger partial charge in [0.15, 0.2) is 5.17 Å². The number of aromatic nitrogens is 1. The highest BCUT2D eigenvalue weighted by Crippen LogP contribution is 2.39. The summed E-state index contributed by atoms with van der Waals surface area (Å²) in [7, 11) is 0. The Morgan fingerprint density at radius 2 is 1.61 bits per heavy atom. The second-order valence-corrected chi connectivity index (χ2v) is 10.8. The van der Waals surface area contributed by atoms with Crippen molar-refractivity contribution in [2.24, 2.45) is 4.99 Å². The van der Waals surface area contributed by atoms with E-state index in [2.05, 4.69) is 35.0 Å². The number of ether oxygens (including phenoxy) is 1. The molecule has 5 nitrogen and oxygen atoms in total. The molecule has 6 rings (SSSR count). The number of benzene rings is 3. The Hall–Kier alpha value is -3.77. The van der Waals surface area contributed by atoms with Crippen molar-refractivity contribution in [3.05, 3.63) is 102 Å². The second-order valence-electron chi connectivity index (χ2n) is 9.76. The van der Waals surface area contributed by atoms with Crippen LogP contribution >= 0.6 is 11.8 Å². The fourth-order valence-corrected chi connectivity index (χ4v) is 6.38. The quantitative estimate of drug-likeness (QED) is 0.235. The van der Waals surface area contributed by atoms with E-state index in [9.17, 15) is 4.79 Å². The summed E-state index contributed by atoms with van der Waals surface area (Å²) in [5, 5.41) is 1.92. The lowest BCUT2D eigenvalue weighted by Crippen LogP contribution is -2.40. The third-order valence-electron chi connectivity index (χ3n) is 7.21. The third-order valence-corrected chi connectivity index (χ3v) is 8.19. The van der Waals surface area contributed by atoms with Gasteiger partial charge in [-0.25, -0.2) is 4.99 Å². The first-order valence-corrected chi connectivity index (χ1v) is 14.2. The maximum atomic E-state index is 13.8. The van der Waals surface area contributed by atoms with E-state index in [1.54, 1.807) is 0 Å². The van der Waals surface area contributed by atoms with Gasteiger partial charge >= 0.3 is 0 Å². The van der Waals surface area contributed by atoms with E-state index in [0.717, 1.165) is 63.7 Å². The van der Waals surface area contributed by atoms with Gasteiger partial charge < -0.3 is 9.30 Å². The molecule has 2 aliphatic rings. The molecule has 0 atom stereocenters. The molecule has 1 aromatic heterocycles. The van der Waals surface area contributed by atoms with Crippen LogP contribution in [0.2, 0.25) is 0 Å². The zero-order valence-corrected chi connectivity index (χ0v) is 22.1. The van der Waals surface area contributed by atoms with Crippen molar-refractivity contribution in [3.63, 3.8) is 0 Å². The monoisotopic (exact) mass is 521 g/mol. The maximum Gasteiger partial charge on any atom is 0.267 e. The fraction of sp³-hybridized carbons (Fsp3) is 0.250. The van der Waals surface area contributed by atoms with Crippen molar-refractivity contribution in [1.29, 1.82) is 0 Å². The molecule has 4 aromatic rings. The smallest absolute Gasteiger partial charge is 0.267 e. The Morgan fingerprint density at radius 3 is 2.39 bits per heavy atom. The Bertz CT molecular complexity index is 1470. The average Bonchev–Trinajstić information content (AvgIpc) is 3.47. The number of fused-ring (bicyclic) bond motifs is 1. The molecule has 192 valence electrons. The SMILES string of the molecule is O=C1/C(=C\c2cn(CCOc3ccccc3)c3ccccc23)SC(=Nc2ccccc2)N1C1CCCCC1. The molecule has 0 unspecified atom stereocenters. The van der Waals surface area contributed by atoms with Gasteiger partial charge in [0.05, 0.1) is 17.1 Å². The Labute approximate surface area is 227 Å². The zero-order chi connectivity index (χ0) is 25.7. The van der Waals surface area contributed by atoms with E-state index in [1.807, 2.05) is 71.6 Å². The number of amides is 1. The van der Waals surface area contributed by atoms with Crippen LogP contribution in [0.1, 0.15) is 37.7 Å². The molecule has 1 saturated heterocycles. The van der Waals surface area contributed by atoms with Gasteiger partial charge in [-0.2, -0.15) is 0 Å². The number of nitrogens with zero attached hydrogens (tertiary/aromatic N) is 3. The molecule has 38 heavy (non-hydrogen) atoms. The highest BCUT2D eigenvalue weighted by molar-refractivity contribution is 8.18. The molecule has 1 aliphatic carbocycles. The van der Waals surface area contributed by atoms with Gasteiger partial charge in [0.25, 0.3) is 5.91 Å². The first-order valence-electron chi connectivity index (χ1n) is 13.4. The Balaban J connectivity index is 1.30. The normalized spacial score (nSPS) is 18.6. The number of aliphatic imine (C=N–C) groups is 1. The topological polar surface area (TPSA) is 46.8 Å². The van der Waals surface area contributed by atoms with Crippen LogP contribution in [0, 0.1) is 0 Å². The molecule has 2 fully saturated rings. The molecule has 2 heterocycles. The fourth-order valence-electron chi connectivity index (χ4n) is 5.33. The van der Waals surface area contributed by atoms with Crippen LogP contribution in [0.5, 0.6) is 5.75 Å². The van der Waals surface area contributed by atoms with Gasteiger partial charge in [-0.05, 0) is 61.0 Å². The lowest BCUT2D eigenvalue weighted by Gasteiger charge is -2.30. The minimum atomic E-state index is 0.0702. The molecule has 3 aromatic carbocycles. The lowest BCUT2D eigenvalue weighted by atomic mass is 9.94. The van der Waals surface area contributed by atoms with Crippen LogP contribution in [0.3, 0.4) is 0 Å². The van der Waals surface area contributed by atoms with Gasteiger partial charge in [-0.1, -0.05) is 73.9 Å². The Kier molecular flexibility index (Phi) is 7.31. The Morgan fingerprint density at radius 1 is 0.895 bits per heavy atom. The minimum absolute atomic E-state index is 0.0702. The summed E-state index contributed by atoms with van der Waals surface area (Å²) in [6, 6.07) is 28.4. The van der Waals surface area contributed by atoms with Crippen molar-refractivity contribution < 1.29 is 9.53 Å². The second kappa shape index (κ2) is 11.3. The molecule has 6 heteroatoms. The molecular weight excluding hydrogens is 490 g/mol. The number of hydrogen-bond donors (Lipinski definition) is 0. The molecule has 0 N–H and O–H groups in total. The van der Waals surface area contributed by atoms with Gasteiger partial charge in [-0.3, -0.25) is 9.69 Å². The summed E-state index contributed by atoms with van der Waals surface area (Å²) in [4.78, 5) is 21.4. The summed E-state index contributed by atoms with van der Waals surface area (Å²) in [6.45, 7) is 1.28. The highest BCUT2D eigenvalue weighted by atomic mass is 32.2. The minimum Gasteiger partial charge on any atom is -0.492 e. The van der Waals surface area contributed by atoms with Crippen molar-refractivity contribution in [3.8, 4) is 5.75 Å². The van der Waals surface area contributed by atoms with E-state index in [4.69, 9.17) is 9.73 Å². The van der Waals surface area contributed by atoms with Gasteiger partial charge in [0.2, 0.25) is 0 Å². The number of carbonyl (C=O) groups excluding carboxylic acids is 1. The van der Waals surface area contributed by atoms with Crippen LogP contribution in [0.15, 0.2) is 101 Å². The predicted molar refractivity (Wildman–Crippen MR) is 157 cm³/mol. The predicted octanol–water partition coefficient (Wildman–Crippen LogP) is 7.66. The van der Waals surface area contributed by atoms with Crippen molar-refractivity contribution in [2.45, 2.75) is 44.7 Å². The van der Waals surface area contributed by atoms with Gasteiger partial charge in [0.1, 0.15) is 12.4 Å². The van der Waals surface area contributed by atoms with E-state index < -0.39 is 0 Å². The van der Waals surface area contributed by atoms with Crippen molar-refractivity contribution in [1.82, 2.24) is 9.47 Å². The molecule has 0 spiro atoms. The molecular formula is C32H31N3O2S. The number of carbonyl (C=O) groups is 1. The number of rotatable bonds is 7. The average molecular weight is 522 g/mol. The van der Waals surface area contributed by atoms with E-state index in [-0.39, 0.29) is 11.9 Å². The summed E-state index contributed by atoms with van der Waals surface area (Å²) in [6.07, 6.45) is 9.82. The first kappa shape index (κ1) is 24.6. The first-order chi connectivity index (χ1) is 18.8. The van der Waals surface area contributed by atoms with E-state index >= 15 is 0 Å². The molecule has 1 aliphatic heterocycles. The van der Waals surface area contributed by atoms with Crippen LogP contribution in [-0.4, -0.2) is 33.2 Å². The van der Waals surface area contributed by atoms with Crippen LogP contribution < -0.4 is 4.74 Å².